The molecule has 0 aliphatic heterocycles. The molecule has 0 radical (unpaired) electrons. The van der Waals surface area contributed by atoms with Gasteiger partial charge >= 0.3 is 5.97 Å². The van der Waals surface area contributed by atoms with Gasteiger partial charge in [-0.1, -0.05) is 12.1 Å². The van der Waals surface area contributed by atoms with E-state index >= 15 is 0 Å². The number of carbonyl (C=O) groups excluding carboxylic acids is 2. The number of rotatable bonds is 9. The SMILES string of the molecule is COc1ccc(CCNC(=O)COC(=O)c2ccc(SC)cc2OC)cc1. The molecule has 1 amide bonds. The van der Waals surface area contributed by atoms with Crippen molar-refractivity contribution in [3.63, 3.8) is 0 Å². The molecule has 7 heteroatoms. The number of nitrogens with one attached hydrogen (secondary N) is 1. The van der Waals surface area contributed by atoms with Crippen molar-refractivity contribution < 1.29 is 23.8 Å². The highest BCUT2D eigenvalue weighted by Crippen LogP contribution is 2.25. The van der Waals surface area contributed by atoms with Crippen LogP contribution in [0.15, 0.2) is 47.4 Å². The number of amides is 1. The average molecular weight is 389 g/mol. The molecule has 6 nitrogen and oxygen atoms in total. The third-order valence-electron chi connectivity index (χ3n) is 3.86. The van der Waals surface area contributed by atoms with Crippen molar-refractivity contribution in [1.29, 1.82) is 0 Å². The second-order valence-corrected chi connectivity index (χ2v) is 6.47. The lowest BCUT2D eigenvalue weighted by atomic mass is 10.1. The molecule has 1 N–H and O–H groups in total. The summed E-state index contributed by atoms with van der Waals surface area (Å²) in [5.74, 6) is 0.267. The van der Waals surface area contributed by atoms with Crippen molar-refractivity contribution in [3.05, 3.63) is 53.6 Å². The smallest absolute Gasteiger partial charge is 0.342 e. The summed E-state index contributed by atoms with van der Waals surface area (Å²) in [6, 6.07) is 12.8. The number of carbonyl (C=O) groups is 2. The van der Waals surface area contributed by atoms with E-state index in [1.54, 1.807) is 37.1 Å². The fourth-order valence-electron chi connectivity index (χ4n) is 2.37. The molecule has 2 aromatic carbocycles. The van der Waals surface area contributed by atoms with Gasteiger partial charge in [-0.15, -0.1) is 11.8 Å². The Labute approximate surface area is 163 Å². The molecule has 0 atom stereocenters. The quantitative estimate of drug-likeness (QED) is 0.525. The highest BCUT2D eigenvalue weighted by molar-refractivity contribution is 7.98. The van der Waals surface area contributed by atoms with Crippen LogP contribution in [0.4, 0.5) is 0 Å². The maximum Gasteiger partial charge on any atom is 0.342 e. The van der Waals surface area contributed by atoms with Crippen molar-refractivity contribution in [2.45, 2.75) is 11.3 Å². The Hall–Kier alpha value is -2.67. The van der Waals surface area contributed by atoms with E-state index in [1.807, 2.05) is 30.5 Å². The lowest BCUT2D eigenvalue weighted by Gasteiger charge is -2.10. The highest BCUT2D eigenvalue weighted by atomic mass is 32.2. The maximum absolute atomic E-state index is 12.2. The molecule has 0 aliphatic rings. The number of esters is 1. The van der Waals surface area contributed by atoms with Crippen LogP contribution >= 0.6 is 11.8 Å². The monoisotopic (exact) mass is 389 g/mol. The normalized spacial score (nSPS) is 10.2. The summed E-state index contributed by atoms with van der Waals surface area (Å²) in [5, 5.41) is 2.73. The summed E-state index contributed by atoms with van der Waals surface area (Å²) in [6.45, 7) is 0.114. The van der Waals surface area contributed by atoms with Crippen LogP contribution in [0.25, 0.3) is 0 Å². The van der Waals surface area contributed by atoms with Gasteiger partial charge < -0.3 is 19.5 Å². The number of benzene rings is 2. The Balaban J connectivity index is 1.78. The third-order valence-corrected chi connectivity index (χ3v) is 4.58. The van der Waals surface area contributed by atoms with Gasteiger partial charge in [0.05, 0.1) is 14.2 Å². The summed E-state index contributed by atoms with van der Waals surface area (Å²) in [5.41, 5.74) is 1.37. The summed E-state index contributed by atoms with van der Waals surface area (Å²) in [7, 11) is 3.10. The van der Waals surface area contributed by atoms with E-state index in [9.17, 15) is 9.59 Å². The first-order valence-electron chi connectivity index (χ1n) is 8.36. The average Bonchev–Trinajstić information content (AvgIpc) is 2.71. The van der Waals surface area contributed by atoms with E-state index in [4.69, 9.17) is 14.2 Å². The Morgan fingerprint density at radius 2 is 1.78 bits per heavy atom. The summed E-state index contributed by atoms with van der Waals surface area (Å²) >= 11 is 1.54. The summed E-state index contributed by atoms with van der Waals surface area (Å²) in [6.07, 6.45) is 2.61. The van der Waals surface area contributed by atoms with Crippen molar-refractivity contribution >= 4 is 23.6 Å². The predicted molar refractivity (Wildman–Crippen MR) is 105 cm³/mol. The molecule has 27 heavy (non-hydrogen) atoms. The van der Waals surface area contributed by atoms with Crippen LogP contribution in [0.2, 0.25) is 0 Å². The number of thioether (sulfide) groups is 1. The zero-order valence-corrected chi connectivity index (χ0v) is 16.4. The fraction of sp³-hybridized carbons (Fsp3) is 0.300. The third kappa shape index (κ3) is 6.21. The van der Waals surface area contributed by atoms with E-state index < -0.39 is 5.97 Å². The van der Waals surface area contributed by atoms with Gasteiger partial charge in [-0.3, -0.25) is 4.79 Å². The molecular weight excluding hydrogens is 366 g/mol. The van der Waals surface area contributed by atoms with Crippen LogP contribution in [-0.4, -0.2) is 45.5 Å². The largest absolute Gasteiger partial charge is 0.497 e. The molecule has 0 fully saturated rings. The molecule has 144 valence electrons. The fourth-order valence-corrected chi connectivity index (χ4v) is 2.79. The number of ether oxygens (including phenoxy) is 3. The van der Waals surface area contributed by atoms with E-state index in [0.717, 1.165) is 16.2 Å². The molecule has 0 bridgehead atoms. The van der Waals surface area contributed by atoms with Crippen LogP contribution in [0.5, 0.6) is 11.5 Å². The summed E-state index contributed by atoms with van der Waals surface area (Å²) < 4.78 is 15.4. The topological polar surface area (TPSA) is 73.9 Å². The molecule has 0 saturated carbocycles. The zero-order chi connectivity index (χ0) is 19.6. The lowest BCUT2D eigenvalue weighted by molar-refractivity contribution is -0.124. The van der Waals surface area contributed by atoms with Gasteiger partial charge in [-0.05, 0) is 48.6 Å². The zero-order valence-electron chi connectivity index (χ0n) is 15.6. The predicted octanol–water partition coefficient (Wildman–Crippen LogP) is 2.94. The molecule has 0 unspecified atom stereocenters. The van der Waals surface area contributed by atoms with Crippen molar-refractivity contribution in [3.8, 4) is 11.5 Å². The van der Waals surface area contributed by atoms with Crippen LogP contribution in [0, 0.1) is 0 Å². The molecule has 0 aromatic heterocycles. The van der Waals surface area contributed by atoms with E-state index in [1.165, 1.54) is 7.11 Å². The van der Waals surface area contributed by atoms with E-state index in [-0.39, 0.29) is 12.5 Å². The minimum atomic E-state index is -0.593. The van der Waals surface area contributed by atoms with Gasteiger partial charge in [0.1, 0.15) is 17.1 Å². The van der Waals surface area contributed by atoms with E-state index in [2.05, 4.69) is 5.32 Å². The highest BCUT2D eigenvalue weighted by Gasteiger charge is 2.15. The molecule has 0 heterocycles. The lowest BCUT2D eigenvalue weighted by Crippen LogP contribution is -2.30. The van der Waals surface area contributed by atoms with Gasteiger partial charge in [0.15, 0.2) is 6.61 Å². The molecule has 0 spiro atoms. The number of hydrogen-bond acceptors (Lipinski definition) is 6. The summed E-state index contributed by atoms with van der Waals surface area (Å²) in [4.78, 5) is 25.0. The standard InChI is InChI=1S/C20H23NO5S/c1-24-15-6-4-14(5-7-15)10-11-21-19(22)13-26-20(23)17-9-8-16(27-3)12-18(17)25-2/h4-9,12H,10-11,13H2,1-3H3,(H,21,22). The van der Waals surface area contributed by atoms with Gasteiger partial charge in [-0.25, -0.2) is 4.79 Å². The van der Waals surface area contributed by atoms with Gasteiger partial charge in [0.2, 0.25) is 0 Å². The molecule has 0 aliphatic carbocycles. The maximum atomic E-state index is 12.2. The minimum Gasteiger partial charge on any atom is -0.497 e. The molecular formula is C20H23NO5S. The minimum absolute atomic E-state index is 0.293. The van der Waals surface area contributed by atoms with Gasteiger partial charge in [0, 0.05) is 11.4 Å². The van der Waals surface area contributed by atoms with Crippen LogP contribution in [0.3, 0.4) is 0 Å². The van der Waals surface area contributed by atoms with Crippen molar-refractivity contribution in [2.75, 3.05) is 33.6 Å². The first-order chi connectivity index (χ1) is 13.1. The van der Waals surface area contributed by atoms with Crippen LogP contribution in [0.1, 0.15) is 15.9 Å². The Morgan fingerprint density at radius 3 is 2.41 bits per heavy atom. The van der Waals surface area contributed by atoms with Gasteiger partial charge in [-0.2, -0.15) is 0 Å². The Bertz CT molecular complexity index is 776. The Morgan fingerprint density at radius 1 is 1.04 bits per heavy atom. The first kappa shape index (κ1) is 20.6. The second kappa shape index (κ2) is 10.5. The van der Waals surface area contributed by atoms with Crippen LogP contribution in [-0.2, 0) is 16.0 Å². The second-order valence-electron chi connectivity index (χ2n) is 5.59. The first-order valence-corrected chi connectivity index (χ1v) is 9.58. The Kier molecular flexibility index (Phi) is 8.00. The van der Waals surface area contributed by atoms with Crippen LogP contribution < -0.4 is 14.8 Å². The molecule has 0 saturated heterocycles. The van der Waals surface area contributed by atoms with Crippen molar-refractivity contribution in [1.82, 2.24) is 5.32 Å². The van der Waals surface area contributed by atoms with Gasteiger partial charge in [0.25, 0.3) is 5.91 Å². The molecule has 2 rings (SSSR count). The number of methoxy groups -OCH3 is 2. The van der Waals surface area contributed by atoms with Crippen molar-refractivity contribution in [2.24, 2.45) is 0 Å². The number of hydrogen-bond donors (Lipinski definition) is 1. The molecule has 2 aromatic rings. The van der Waals surface area contributed by atoms with E-state index in [0.29, 0.717) is 24.3 Å².